The van der Waals surface area contributed by atoms with Crippen LogP contribution in [-0.2, 0) is 17.9 Å². The van der Waals surface area contributed by atoms with Crippen molar-refractivity contribution in [3.63, 3.8) is 0 Å². The van der Waals surface area contributed by atoms with Crippen LogP contribution in [-0.4, -0.2) is 21.9 Å². The Balaban J connectivity index is 1.89. The summed E-state index contributed by atoms with van der Waals surface area (Å²) in [6.45, 7) is 3.14. The lowest BCUT2D eigenvalue weighted by Gasteiger charge is -2.13. The number of nitrogens with zero attached hydrogens (tertiary/aromatic N) is 1. The molecule has 2 heterocycles. The van der Waals surface area contributed by atoms with Crippen molar-refractivity contribution in [1.29, 1.82) is 0 Å². The van der Waals surface area contributed by atoms with Crippen LogP contribution in [0.2, 0.25) is 0 Å². The standard InChI is InChI=1S/C15H19NO2/c1-11-5-6-13(18-11)9-16-8-7-14-12(10-17)3-2-4-15(14)16/h2-4,7-8,11,13,17H,5-6,9-10H2,1H3. The van der Waals surface area contributed by atoms with E-state index in [2.05, 4.69) is 29.8 Å². The van der Waals surface area contributed by atoms with E-state index in [0.717, 1.165) is 30.3 Å². The Kier molecular flexibility index (Phi) is 3.10. The highest BCUT2D eigenvalue weighted by atomic mass is 16.5. The molecule has 0 bridgehead atoms. The lowest BCUT2D eigenvalue weighted by atomic mass is 10.1. The van der Waals surface area contributed by atoms with E-state index in [-0.39, 0.29) is 6.61 Å². The summed E-state index contributed by atoms with van der Waals surface area (Å²) in [6, 6.07) is 8.16. The third kappa shape index (κ3) is 2.04. The summed E-state index contributed by atoms with van der Waals surface area (Å²) in [4.78, 5) is 0. The van der Waals surface area contributed by atoms with E-state index in [1.165, 1.54) is 5.52 Å². The minimum absolute atomic E-state index is 0.0956. The highest BCUT2D eigenvalue weighted by Crippen LogP contribution is 2.24. The maximum Gasteiger partial charge on any atom is 0.0758 e. The Hall–Kier alpha value is -1.32. The second-order valence-electron chi connectivity index (χ2n) is 5.12. The highest BCUT2D eigenvalue weighted by Gasteiger charge is 2.22. The van der Waals surface area contributed by atoms with Crippen molar-refractivity contribution >= 4 is 10.9 Å². The highest BCUT2D eigenvalue weighted by molar-refractivity contribution is 5.83. The van der Waals surface area contributed by atoms with Crippen LogP contribution in [0.3, 0.4) is 0 Å². The second kappa shape index (κ2) is 4.75. The van der Waals surface area contributed by atoms with Crippen LogP contribution in [0, 0.1) is 0 Å². The first-order chi connectivity index (χ1) is 8.78. The molecule has 18 heavy (non-hydrogen) atoms. The molecule has 0 amide bonds. The fourth-order valence-corrected chi connectivity index (χ4v) is 2.82. The van der Waals surface area contributed by atoms with Gasteiger partial charge in [0.1, 0.15) is 0 Å². The van der Waals surface area contributed by atoms with Gasteiger partial charge >= 0.3 is 0 Å². The quantitative estimate of drug-likeness (QED) is 0.902. The predicted octanol–water partition coefficient (Wildman–Crippen LogP) is 2.70. The van der Waals surface area contributed by atoms with Gasteiger partial charge in [-0.15, -0.1) is 0 Å². The number of hydrogen-bond donors (Lipinski definition) is 1. The maximum absolute atomic E-state index is 9.33. The van der Waals surface area contributed by atoms with E-state index < -0.39 is 0 Å². The van der Waals surface area contributed by atoms with Gasteiger partial charge in [0.05, 0.1) is 18.8 Å². The zero-order valence-corrected chi connectivity index (χ0v) is 10.7. The molecular weight excluding hydrogens is 226 g/mol. The molecule has 0 saturated carbocycles. The van der Waals surface area contributed by atoms with Gasteiger partial charge in [0.2, 0.25) is 0 Å². The first-order valence-corrected chi connectivity index (χ1v) is 6.61. The molecule has 1 saturated heterocycles. The van der Waals surface area contributed by atoms with Gasteiger partial charge in [-0.2, -0.15) is 0 Å². The van der Waals surface area contributed by atoms with E-state index in [0.29, 0.717) is 12.2 Å². The van der Waals surface area contributed by atoms with Crippen LogP contribution >= 0.6 is 0 Å². The Morgan fingerprint density at radius 1 is 1.33 bits per heavy atom. The van der Waals surface area contributed by atoms with Crippen LogP contribution in [0.4, 0.5) is 0 Å². The zero-order valence-electron chi connectivity index (χ0n) is 10.7. The monoisotopic (exact) mass is 245 g/mol. The number of fused-ring (bicyclic) bond motifs is 1. The molecule has 0 radical (unpaired) electrons. The summed E-state index contributed by atoms with van der Waals surface area (Å²) in [5.41, 5.74) is 2.18. The summed E-state index contributed by atoms with van der Waals surface area (Å²) in [5.74, 6) is 0. The summed E-state index contributed by atoms with van der Waals surface area (Å²) in [5, 5.41) is 10.5. The Bertz CT molecular complexity index is 546. The first-order valence-electron chi connectivity index (χ1n) is 6.61. The van der Waals surface area contributed by atoms with Crippen LogP contribution in [0.1, 0.15) is 25.3 Å². The number of aliphatic hydroxyl groups is 1. The molecule has 3 rings (SSSR count). The van der Waals surface area contributed by atoms with E-state index >= 15 is 0 Å². The largest absolute Gasteiger partial charge is 0.392 e. The molecule has 1 aliphatic rings. The third-order valence-electron chi connectivity index (χ3n) is 3.79. The lowest BCUT2D eigenvalue weighted by molar-refractivity contribution is 0.0465. The summed E-state index contributed by atoms with van der Waals surface area (Å²) in [7, 11) is 0. The lowest BCUT2D eigenvalue weighted by Crippen LogP contribution is -2.15. The molecule has 0 spiro atoms. The van der Waals surface area contributed by atoms with Crippen LogP contribution in [0.25, 0.3) is 10.9 Å². The van der Waals surface area contributed by atoms with Crippen molar-refractivity contribution in [2.45, 2.75) is 45.1 Å². The van der Waals surface area contributed by atoms with Gasteiger partial charge in [-0.25, -0.2) is 0 Å². The number of ether oxygens (including phenoxy) is 1. The molecule has 3 nitrogen and oxygen atoms in total. The molecule has 2 unspecified atom stereocenters. The third-order valence-corrected chi connectivity index (χ3v) is 3.79. The molecule has 1 aliphatic heterocycles. The van der Waals surface area contributed by atoms with Gasteiger partial charge in [-0.3, -0.25) is 0 Å². The van der Waals surface area contributed by atoms with E-state index in [1.807, 2.05) is 12.1 Å². The summed E-state index contributed by atoms with van der Waals surface area (Å²) >= 11 is 0. The topological polar surface area (TPSA) is 34.4 Å². The number of hydrogen-bond acceptors (Lipinski definition) is 2. The molecule has 2 aromatic rings. The van der Waals surface area contributed by atoms with Crippen molar-refractivity contribution in [3.05, 3.63) is 36.0 Å². The van der Waals surface area contributed by atoms with E-state index in [4.69, 9.17) is 4.74 Å². The molecule has 3 heteroatoms. The minimum Gasteiger partial charge on any atom is -0.392 e. The first kappa shape index (κ1) is 11.8. The maximum atomic E-state index is 9.33. The Morgan fingerprint density at radius 3 is 2.94 bits per heavy atom. The molecular formula is C15H19NO2. The van der Waals surface area contributed by atoms with Gasteiger partial charge in [0.15, 0.2) is 0 Å². The van der Waals surface area contributed by atoms with Crippen molar-refractivity contribution in [1.82, 2.24) is 4.57 Å². The smallest absolute Gasteiger partial charge is 0.0758 e. The molecule has 1 aromatic carbocycles. The average Bonchev–Trinajstić information content (AvgIpc) is 2.97. The van der Waals surface area contributed by atoms with E-state index in [1.54, 1.807) is 0 Å². The second-order valence-corrected chi connectivity index (χ2v) is 5.12. The van der Waals surface area contributed by atoms with Gasteiger partial charge in [0.25, 0.3) is 0 Å². The summed E-state index contributed by atoms with van der Waals surface area (Å²) in [6.07, 6.45) is 5.11. The zero-order chi connectivity index (χ0) is 12.5. The summed E-state index contributed by atoms with van der Waals surface area (Å²) < 4.78 is 8.10. The average molecular weight is 245 g/mol. The fourth-order valence-electron chi connectivity index (χ4n) is 2.82. The molecule has 0 aliphatic carbocycles. The fraction of sp³-hybridized carbons (Fsp3) is 0.467. The van der Waals surface area contributed by atoms with Crippen molar-refractivity contribution in [2.24, 2.45) is 0 Å². The predicted molar refractivity (Wildman–Crippen MR) is 71.4 cm³/mol. The normalized spacial score (nSPS) is 23.9. The number of benzene rings is 1. The van der Waals surface area contributed by atoms with Crippen molar-refractivity contribution in [3.8, 4) is 0 Å². The van der Waals surface area contributed by atoms with Gasteiger partial charge in [-0.05, 0) is 37.5 Å². The van der Waals surface area contributed by atoms with Crippen LogP contribution in [0.15, 0.2) is 30.5 Å². The minimum atomic E-state index is 0.0956. The van der Waals surface area contributed by atoms with Crippen LogP contribution in [0.5, 0.6) is 0 Å². The van der Waals surface area contributed by atoms with Gasteiger partial charge in [0, 0.05) is 23.6 Å². The van der Waals surface area contributed by atoms with E-state index in [9.17, 15) is 5.11 Å². The number of rotatable bonds is 3. The van der Waals surface area contributed by atoms with Crippen molar-refractivity contribution < 1.29 is 9.84 Å². The van der Waals surface area contributed by atoms with Gasteiger partial charge in [-0.1, -0.05) is 12.1 Å². The molecule has 96 valence electrons. The Morgan fingerprint density at radius 2 is 2.22 bits per heavy atom. The number of aliphatic hydroxyl groups excluding tert-OH is 1. The van der Waals surface area contributed by atoms with Crippen molar-refractivity contribution in [2.75, 3.05) is 0 Å². The van der Waals surface area contributed by atoms with Crippen LogP contribution < -0.4 is 0 Å². The molecule has 1 aromatic heterocycles. The molecule has 2 atom stereocenters. The molecule has 1 N–H and O–H groups in total. The SMILES string of the molecule is CC1CCC(Cn2ccc3c(CO)cccc32)O1. The van der Waals surface area contributed by atoms with Gasteiger partial charge < -0.3 is 14.4 Å². The Labute approximate surface area is 107 Å². The number of aromatic nitrogens is 1. The molecule has 1 fully saturated rings.